The van der Waals surface area contributed by atoms with E-state index in [1.165, 1.54) is 72.8 Å². The molecule has 0 aromatic heterocycles. The van der Waals surface area contributed by atoms with E-state index in [4.69, 9.17) is 4.99 Å². The highest BCUT2D eigenvalue weighted by atomic mass is 15.3. The van der Waals surface area contributed by atoms with Gasteiger partial charge in [0.2, 0.25) is 0 Å². The largest absolute Gasteiger partial charge is 0.354 e. The molecular formula is C39H43N3. The van der Waals surface area contributed by atoms with Gasteiger partial charge in [0.15, 0.2) is 0 Å². The first-order chi connectivity index (χ1) is 20.8. The number of nitrogens with zero attached hydrogens (tertiary/aromatic N) is 1. The Morgan fingerprint density at radius 1 is 0.786 bits per heavy atom. The molecule has 6 unspecified atom stereocenters. The molecule has 2 N–H and O–H groups in total. The van der Waals surface area contributed by atoms with Gasteiger partial charge in [-0.25, -0.2) is 4.99 Å². The van der Waals surface area contributed by atoms with Crippen molar-refractivity contribution in [3.63, 3.8) is 0 Å². The van der Waals surface area contributed by atoms with Crippen molar-refractivity contribution in [2.45, 2.75) is 82.5 Å². The molecule has 0 radical (unpaired) electrons. The Morgan fingerprint density at radius 3 is 2.62 bits per heavy atom. The highest BCUT2D eigenvalue weighted by Gasteiger charge is 2.37. The third-order valence-electron chi connectivity index (χ3n) is 10.6. The lowest BCUT2D eigenvalue weighted by Crippen LogP contribution is -2.59. The minimum atomic E-state index is 0.0691. The second kappa shape index (κ2) is 11.3. The molecule has 7 aliphatic rings. The maximum absolute atomic E-state index is 5.34. The molecule has 3 heteroatoms. The Kier molecular flexibility index (Phi) is 7.08. The predicted octanol–water partition coefficient (Wildman–Crippen LogP) is 8.60. The number of rotatable bonds is 4. The van der Waals surface area contributed by atoms with Crippen molar-refractivity contribution in [2.75, 3.05) is 0 Å². The third kappa shape index (κ3) is 4.86. The standard InChI is InChI=1S/C39H43N3/c1-3-12-26(13-4-1)37-40-38(27-14-5-2-6-15-27)42-39(41-37)30-17-11-16-28(24-30)29-22-23-35-33-20-8-7-18-31(33)32-19-9-10-21-34(32)36(35)25-29/h1,3,5,9-12,14,16-17,19,21-23,25,27,30,35-36,38-39,42H,2,4,6-8,13,15,18,20,24H2,(H,40,41). The monoisotopic (exact) mass is 553 g/mol. The van der Waals surface area contributed by atoms with Crippen LogP contribution >= 0.6 is 0 Å². The number of hydrogen-bond acceptors (Lipinski definition) is 3. The Labute approximate surface area is 251 Å². The molecule has 0 saturated carbocycles. The average Bonchev–Trinajstić information content (AvgIpc) is 3.09. The van der Waals surface area contributed by atoms with Crippen LogP contribution in [0.4, 0.5) is 0 Å². The van der Waals surface area contributed by atoms with E-state index in [1.54, 1.807) is 11.1 Å². The van der Waals surface area contributed by atoms with Crippen molar-refractivity contribution in [3.05, 3.63) is 125 Å². The van der Waals surface area contributed by atoms with E-state index in [1.807, 2.05) is 0 Å². The summed E-state index contributed by atoms with van der Waals surface area (Å²) in [5.74, 6) is 2.90. The summed E-state index contributed by atoms with van der Waals surface area (Å²) in [6, 6.07) is 9.24. The molecule has 0 saturated heterocycles. The van der Waals surface area contributed by atoms with Gasteiger partial charge in [0.25, 0.3) is 0 Å². The molecule has 1 aliphatic heterocycles. The fraction of sp³-hybridized carbons (Fsp3) is 0.410. The Morgan fingerprint density at radius 2 is 1.71 bits per heavy atom. The van der Waals surface area contributed by atoms with Gasteiger partial charge in [0, 0.05) is 23.7 Å². The van der Waals surface area contributed by atoms with Gasteiger partial charge in [-0.05, 0) is 97.6 Å². The van der Waals surface area contributed by atoms with Crippen LogP contribution in [-0.2, 0) is 0 Å². The maximum Gasteiger partial charge on any atom is 0.127 e. The maximum atomic E-state index is 5.34. The Balaban J connectivity index is 1.07. The van der Waals surface area contributed by atoms with Gasteiger partial charge in [-0.3, -0.25) is 5.32 Å². The van der Waals surface area contributed by atoms with Crippen LogP contribution in [0.25, 0.3) is 5.57 Å². The summed E-state index contributed by atoms with van der Waals surface area (Å²) < 4.78 is 0. The molecule has 6 atom stereocenters. The van der Waals surface area contributed by atoms with Gasteiger partial charge in [-0.2, -0.15) is 0 Å². The zero-order valence-corrected chi connectivity index (χ0v) is 24.6. The average molecular weight is 554 g/mol. The zero-order chi connectivity index (χ0) is 27.9. The van der Waals surface area contributed by atoms with Gasteiger partial charge >= 0.3 is 0 Å². The number of hydrogen-bond donors (Lipinski definition) is 2. The number of nitrogens with one attached hydrogen (secondary N) is 2. The summed E-state index contributed by atoms with van der Waals surface area (Å²) in [6.45, 7) is 0. The lowest BCUT2D eigenvalue weighted by molar-refractivity contribution is 0.273. The normalized spacial score (nSPS) is 33.4. The van der Waals surface area contributed by atoms with Crippen molar-refractivity contribution < 1.29 is 0 Å². The molecule has 42 heavy (non-hydrogen) atoms. The topological polar surface area (TPSA) is 36.4 Å². The first kappa shape index (κ1) is 26.2. The van der Waals surface area contributed by atoms with Gasteiger partial charge in [-0.1, -0.05) is 96.7 Å². The molecule has 1 heterocycles. The van der Waals surface area contributed by atoms with Gasteiger partial charge in [-0.15, -0.1) is 0 Å². The quantitative estimate of drug-likeness (QED) is 0.366. The van der Waals surface area contributed by atoms with Crippen LogP contribution in [0.15, 0.2) is 118 Å². The minimum Gasteiger partial charge on any atom is -0.354 e. The first-order valence-electron chi connectivity index (χ1n) is 16.5. The summed E-state index contributed by atoms with van der Waals surface area (Å²) in [5.41, 5.74) is 10.6. The van der Waals surface area contributed by atoms with Crippen molar-refractivity contribution in [1.82, 2.24) is 10.6 Å². The third-order valence-corrected chi connectivity index (χ3v) is 10.6. The summed E-state index contributed by atoms with van der Waals surface area (Å²) in [7, 11) is 0. The molecule has 214 valence electrons. The number of aliphatic imine (C=N–C) groups is 1. The van der Waals surface area contributed by atoms with E-state index in [-0.39, 0.29) is 12.3 Å². The van der Waals surface area contributed by atoms with Crippen molar-refractivity contribution in [3.8, 4) is 0 Å². The van der Waals surface area contributed by atoms with E-state index in [0.717, 1.165) is 25.1 Å². The van der Waals surface area contributed by atoms with E-state index < -0.39 is 0 Å². The second-order valence-electron chi connectivity index (χ2n) is 13.2. The number of benzene rings is 1. The molecule has 6 aliphatic carbocycles. The number of amidine groups is 1. The zero-order valence-electron chi connectivity index (χ0n) is 24.6. The van der Waals surface area contributed by atoms with Crippen molar-refractivity contribution in [1.29, 1.82) is 0 Å². The Bertz CT molecular complexity index is 1520. The molecule has 0 amide bonds. The lowest BCUT2D eigenvalue weighted by Gasteiger charge is -2.40. The highest BCUT2D eigenvalue weighted by Crippen LogP contribution is 2.51. The number of allylic oxidation sites excluding steroid dienone is 13. The van der Waals surface area contributed by atoms with Crippen LogP contribution < -0.4 is 10.6 Å². The first-order valence-corrected chi connectivity index (χ1v) is 16.5. The molecule has 0 fully saturated rings. The van der Waals surface area contributed by atoms with Gasteiger partial charge in [0.1, 0.15) is 12.0 Å². The van der Waals surface area contributed by atoms with Crippen molar-refractivity contribution >= 4 is 11.4 Å². The molecule has 0 spiro atoms. The fourth-order valence-electron chi connectivity index (χ4n) is 8.44. The van der Waals surface area contributed by atoms with E-state index >= 15 is 0 Å². The number of fused-ring (bicyclic) bond motifs is 5. The van der Waals surface area contributed by atoms with Crippen LogP contribution in [-0.4, -0.2) is 18.2 Å². The highest BCUT2D eigenvalue weighted by molar-refractivity contribution is 5.99. The molecule has 3 nitrogen and oxygen atoms in total. The summed E-state index contributed by atoms with van der Waals surface area (Å²) in [6.07, 6.45) is 38.5. The SMILES string of the molecule is C1=CCCC(C2=NC(C3C=CC=C(C4=CC5c6ccccc6C6=C(CCCC6)C5C=C4)C3)NC(C3C=CCCC3)N2)=C1. The summed E-state index contributed by atoms with van der Waals surface area (Å²) in [5, 5.41) is 7.78. The molecule has 0 bridgehead atoms. The van der Waals surface area contributed by atoms with Gasteiger partial charge < -0.3 is 5.32 Å². The lowest BCUT2D eigenvalue weighted by atomic mass is 9.65. The summed E-state index contributed by atoms with van der Waals surface area (Å²) >= 11 is 0. The Hall–Kier alpha value is -3.43. The van der Waals surface area contributed by atoms with Crippen LogP contribution in [0.5, 0.6) is 0 Å². The molecular weight excluding hydrogens is 510 g/mol. The fourth-order valence-corrected chi connectivity index (χ4v) is 8.44. The van der Waals surface area contributed by atoms with E-state index in [2.05, 4.69) is 102 Å². The van der Waals surface area contributed by atoms with Crippen LogP contribution in [0.2, 0.25) is 0 Å². The molecule has 1 aromatic carbocycles. The molecule has 1 aromatic rings. The van der Waals surface area contributed by atoms with Crippen LogP contribution in [0.1, 0.15) is 81.3 Å². The molecule has 8 rings (SSSR count). The van der Waals surface area contributed by atoms with Crippen molar-refractivity contribution in [2.24, 2.45) is 22.7 Å². The smallest absolute Gasteiger partial charge is 0.127 e. The minimum absolute atomic E-state index is 0.0691. The predicted molar refractivity (Wildman–Crippen MR) is 175 cm³/mol. The summed E-state index contributed by atoms with van der Waals surface area (Å²) in [4.78, 5) is 5.34. The van der Waals surface area contributed by atoms with E-state index in [9.17, 15) is 0 Å². The van der Waals surface area contributed by atoms with E-state index in [0.29, 0.717) is 23.7 Å². The van der Waals surface area contributed by atoms with Crippen LogP contribution in [0.3, 0.4) is 0 Å². The second-order valence-corrected chi connectivity index (χ2v) is 13.2. The van der Waals surface area contributed by atoms with Gasteiger partial charge in [0.05, 0.1) is 6.17 Å². The van der Waals surface area contributed by atoms with Crippen LogP contribution in [0, 0.1) is 17.8 Å².